The third kappa shape index (κ3) is 4.62. The van der Waals surface area contributed by atoms with Gasteiger partial charge in [0.25, 0.3) is 0 Å². The average Bonchev–Trinajstić information content (AvgIpc) is 2.27. The Bertz CT molecular complexity index is 293. The number of pyridine rings is 1. The molecule has 0 aliphatic rings. The lowest BCUT2D eigenvalue weighted by Gasteiger charge is -2.16. The quantitative estimate of drug-likeness (QED) is 0.744. The molecule has 1 atom stereocenters. The molecule has 1 aromatic heterocycles. The minimum Gasteiger partial charge on any atom is -0.370 e. The molecule has 0 saturated heterocycles. The van der Waals surface area contributed by atoms with E-state index in [1.807, 2.05) is 25.1 Å². The summed E-state index contributed by atoms with van der Waals surface area (Å²) in [5, 5.41) is 3.39. The van der Waals surface area contributed by atoms with Crippen molar-refractivity contribution in [1.29, 1.82) is 0 Å². The van der Waals surface area contributed by atoms with Gasteiger partial charge in [0.1, 0.15) is 5.82 Å². The van der Waals surface area contributed by atoms with Gasteiger partial charge in [-0.3, -0.25) is 0 Å². The minimum atomic E-state index is 0.664. The van der Waals surface area contributed by atoms with E-state index in [-0.39, 0.29) is 0 Å². The number of rotatable bonds is 7. The lowest BCUT2D eigenvalue weighted by molar-refractivity contribution is 0.473. The van der Waals surface area contributed by atoms with Crippen molar-refractivity contribution in [3.8, 4) is 0 Å². The van der Waals surface area contributed by atoms with Crippen LogP contribution in [0.1, 0.15) is 31.9 Å². The summed E-state index contributed by atoms with van der Waals surface area (Å²) in [6.07, 6.45) is 3.54. The predicted molar refractivity (Wildman–Crippen MR) is 69.5 cm³/mol. The van der Waals surface area contributed by atoms with E-state index in [0.717, 1.165) is 31.0 Å². The summed E-state index contributed by atoms with van der Waals surface area (Å²) in [6.45, 7) is 5.97. The van der Waals surface area contributed by atoms with E-state index in [2.05, 4.69) is 17.2 Å². The molecule has 0 radical (unpaired) electrons. The van der Waals surface area contributed by atoms with E-state index in [0.29, 0.717) is 5.92 Å². The molecule has 0 aliphatic heterocycles. The molecule has 0 fully saturated rings. The highest BCUT2D eigenvalue weighted by Crippen LogP contribution is 2.12. The topological polar surface area (TPSA) is 50.9 Å². The monoisotopic (exact) mass is 221 g/mol. The lowest BCUT2D eigenvalue weighted by Crippen LogP contribution is -2.18. The van der Waals surface area contributed by atoms with Crippen LogP contribution in [0.3, 0.4) is 0 Å². The fourth-order valence-electron chi connectivity index (χ4n) is 1.88. The Morgan fingerprint density at radius 3 is 2.81 bits per heavy atom. The van der Waals surface area contributed by atoms with Crippen LogP contribution in [0, 0.1) is 12.8 Å². The third-order valence-corrected chi connectivity index (χ3v) is 2.73. The summed E-state index contributed by atoms with van der Waals surface area (Å²) in [6, 6.07) is 6.05. The number of aromatic nitrogens is 1. The van der Waals surface area contributed by atoms with Gasteiger partial charge in [0, 0.05) is 12.2 Å². The Hall–Kier alpha value is -1.09. The first-order valence-electron chi connectivity index (χ1n) is 6.13. The number of nitrogens with two attached hydrogens (primary N) is 1. The van der Waals surface area contributed by atoms with Crippen LogP contribution in [-0.4, -0.2) is 18.1 Å². The molecule has 1 heterocycles. The van der Waals surface area contributed by atoms with Gasteiger partial charge < -0.3 is 11.1 Å². The van der Waals surface area contributed by atoms with Crippen LogP contribution in [0.4, 0.5) is 5.82 Å². The molecule has 0 saturated carbocycles. The van der Waals surface area contributed by atoms with Crippen LogP contribution in [0.15, 0.2) is 18.2 Å². The van der Waals surface area contributed by atoms with Gasteiger partial charge >= 0.3 is 0 Å². The Balaban J connectivity index is 2.41. The van der Waals surface area contributed by atoms with Crippen molar-refractivity contribution in [2.45, 2.75) is 33.1 Å². The van der Waals surface area contributed by atoms with Crippen LogP contribution in [0.25, 0.3) is 0 Å². The van der Waals surface area contributed by atoms with E-state index < -0.39 is 0 Å². The highest BCUT2D eigenvalue weighted by molar-refractivity contribution is 5.34. The molecule has 0 amide bonds. The van der Waals surface area contributed by atoms with Crippen molar-refractivity contribution in [2.75, 3.05) is 18.4 Å². The third-order valence-electron chi connectivity index (χ3n) is 2.73. The second kappa shape index (κ2) is 7.23. The number of hydrogen-bond donors (Lipinski definition) is 2. The van der Waals surface area contributed by atoms with Crippen molar-refractivity contribution >= 4 is 5.82 Å². The maximum absolute atomic E-state index is 5.61. The Morgan fingerprint density at radius 1 is 1.38 bits per heavy atom. The van der Waals surface area contributed by atoms with Crippen molar-refractivity contribution < 1.29 is 0 Å². The SMILES string of the molecule is CCCC(CCN)CNc1cccc(C)n1. The van der Waals surface area contributed by atoms with E-state index in [1.165, 1.54) is 12.8 Å². The van der Waals surface area contributed by atoms with Crippen molar-refractivity contribution in [3.63, 3.8) is 0 Å². The fourth-order valence-corrected chi connectivity index (χ4v) is 1.88. The first-order chi connectivity index (χ1) is 7.76. The van der Waals surface area contributed by atoms with Gasteiger partial charge in [0.05, 0.1) is 0 Å². The predicted octanol–water partition coefficient (Wildman–Crippen LogP) is 2.57. The maximum atomic E-state index is 5.61. The number of aryl methyl sites for hydroxylation is 1. The van der Waals surface area contributed by atoms with E-state index >= 15 is 0 Å². The molecule has 1 unspecified atom stereocenters. The van der Waals surface area contributed by atoms with Crippen LogP contribution in [-0.2, 0) is 0 Å². The highest BCUT2D eigenvalue weighted by atomic mass is 15.0. The van der Waals surface area contributed by atoms with Crippen molar-refractivity contribution in [2.24, 2.45) is 11.7 Å². The van der Waals surface area contributed by atoms with Crippen LogP contribution in [0.2, 0.25) is 0 Å². The molecule has 3 nitrogen and oxygen atoms in total. The molecular formula is C13H23N3. The summed E-state index contributed by atoms with van der Waals surface area (Å²) in [5.74, 6) is 1.63. The zero-order valence-electron chi connectivity index (χ0n) is 10.4. The van der Waals surface area contributed by atoms with E-state index in [4.69, 9.17) is 5.73 Å². The van der Waals surface area contributed by atoms with Gasteiger partial charge in [0.15, 0.2) is 0 Å². The summed E-state index contributed by atoms with van der Waals surface area (Å²) >= 11 is 0. The Labute approximate surface area is 98.5 Å². The lowest BCUT2D eigenvalue weighted by atomic mass is 10.00. The molecule has 1 rings (SSSR count). The molecule has 3 N–H and O–H groups in total. The highest BCUT2D eigenvalue weighted by Gasteiger charge is 2.06. The van der Waals surface area contributed by atoms with Crippen molar-refractivity contribution in [3.05, 3.63) is 23.9 Å². The molecule has 16 heavy (non-hydrogen) atoms. The molecule has 90 valence electrons. The Kier molecular flexibility index (Phi) is 5.86. The zero-order valence-corrected chi connectivity index (χ0v) is 10.4. The maximum Gasteiger partial charge on any atom is 0.126 e. The van der Waals surface area contributed by atoms with Crippen LogP contribution >= 0.6 is 0 Å². The van der Waals surface area contributed by atoms with E-state index in [1.54, 1.807) is 0 Å². The number of nitrogens with zero attached hydrogens (tertiary/aromatic N) is 1. The van der Waals surface area contributed by atoms with Gasteiger partial charge in [-0.05, 0) is 44.4 Å². The number of hydrogen-bond acceptors (Lipinski definition) is 3. The molecule has 0 aromatic carbocycles. The smallest absolute Gasteiger partial charge is 0.126 e. The second-order valence-corrected chi connectivity index (χ2v) is 4.28. The normalized spacial score (nSPS) is 12.4. The average molecular weight is 221 g/mol. The molecular weight excluding hydrogens is 198 g/mol. The van der Waals surface area contributed by atoms with Crippen molar-refractivity contribution in [1.82, 2.24) is 4.98 Å². The standard InChI is InChI=1S/C13H23N3/c1-3-5-12(8-9-14)10-15-13-7-4-6-11(2)16-13/h4,6-7,12H,3,5,8-10,14H2,1-2H3,(H,15,16). The fraction of sp³-hybridized carbons (Fsp3) is 0.615. The molecule has 0 aliphatic carbocycles. The molecule has 0 spiro atoms. The van der Waals surface area contributed by atoms with Gasteiger partial charge in [-0.25, -0.2) is 4.98 Å². The summed E-state index contributed by atoms with van der Waals surface area (Å²) < 4.78 is 0. The molecule has 1 aromatic rings. The van der Waals surface area contributed by atoms with Crippen LogP contribution in [0.5, 0.6) is 0 Å². The van der Waals surface area contributed by atoms with E-state index in [9.17, 15) is 0 Å². The Morgan fingerprint density at radius 2 is 2.19 bits per heavy atom. The number of anilines is 1. The first kappa shape index (κ1) is 13.0. The molecule has 0 bridgehead atoms. The minimum absolute atomic E-state index is 0.664. The van der Waals surface area contributed by atoms with Gasteiger partial charge in [-0.15, -0.1) is 0 Å². The largest absolute Gasteiger partial charge is 0.370 e. The number of nitrogens with one attached hydrogen (secondary N) is 1. The van der Waals surface area contributed by atoms with Gasteiger partial charge in [0.2, 0.25) is 0 Å². The summed E-state index contributed by atoms with van der Waals surface area (Å²) in [4.78, 5) is 4.42. The second-order valence-electron chi connectivity index (χ2n) is 4.28. The van der Waals surface area contributed by atoms with Gasteiger partial charge in [-0.2, -0.15) is 0 Å². The summed E-state index contributed by atoms with van der Waals surface area (Å²) in [7, 11) is 0. The van der Waals surface area contributed by atoms with Crippen LogP contribution < -0.4 is 11.1 Å². The zero-order chi connectivity index (χ0) is 11.8. The van der Waals surface area contributed by atoms with Gasteiger partial charge in [-0.1, -0.05) is 19.4 Å². The molecule has 3 heteroatoms. The summed E-state index contributed by atoms with van der Waals surface area (Å²) in [5.41, 5.74) is 6.66. The first-order valence-corrected chi connectivity index (χ1v) is 6.13.